The Bertz CT molecular complexity index is 367. The molecule has 94 valence electrons. The van der Waals surface area contributed by atoms with Gasteiger partial charge in [0.1, 0.15) is 5.82 Å². The standard InChI is InChI=1S/C12H18ClN3O/c1-2-14-8-10-7-11(13)12(15-9-10)16-3-5-17-6-4-16/h7,9,14H,2-6,8H2,1H3. The highest BCUT2D eigenvalue weighted by Crippen LogP contribution is 2.24. The van der Waals surface area contributed by atoms with Gasteiger partial charge >= 0.3 is 0 Å². The van der Waals surface area contributed by atoms with Crippen molar-refractivity contribution in [3.05, 3.63) is 22.8 Å². The lowest BCUT2D eigenvalue weighted by molar-refractivity contribution is 0.122. The highest BCUT2D eigenvalue weighted by Gasteiger charge is 2.15. The van der Waals surface area contributed by atoms with Crippen molar-refractivity contribution in [2.45, 2.75) is 13.5 Å². The summed E-state index contributed by atoms with van der Waals surface area (Å²) >= 11 is 6.27. The number of pyridine rings is 1. The molecule has 17 heavy (non-hydrogen) atoms. The van der Waals surface area contributed by atoms with Crippen molar-refractivity contribution in [3.63, 3.8) is 0 Å². The van der Waals surface area contributed by atoms with Crippen molar-refractivity contribution in [3.8, 4) is 0 Å². The SMILES string of the molecule is CCNCc1cnc(N2CCOCC2)c(Cl)c1. The fraction of sp³-hybridized carbons (Fsp3) is 0.583. The summed E-state index contributed by atoms with van der Waals surface area (Å²) in [4.78, 5) is 6.62. The van der Waals surface area contributed by atoms with Gasteiger partial charge in [0.2, 0.25) is 0 Å². The fourth-order valence-electron chi connectivity index (χ4n) is 1.84. The lowest BCUT2D eigenvalue weighted by atomic mass is 10.2. The van der Waals surface area contributed by atoms with Crippen LogP contribution in [-0.2, 0) is 11.3 Å². The van der Waals surface area contributed by atoms with E-state index in [9.17, 15) is 0 Å². The van der Waals surface area contributed by atoms with Crippen LogP contribution in [0, 0.1) is 0 Å². The summed E-state index contributed by atoms with van der Waals surface area (Å²) in [6, 6.07) is 1.99. The van der Waals surface area contributed by atoms with E-state index in [-0.39, 0.29) is 0 Å². The van der Waals surface area contributed by atoms with Crippen LogP contribution in [0.2, 0.25) is 5.02 Å². The van der Waals surface area contributed by atoms with Crippen molar-refractivity contribution in [2.24, 2.45) is 0 Å². The average molecular weight is 256 g/mol. The molecular weight excluding hydrogens is 238 g/mol. The first kappa shape index (κ1) is 12.6. The highest BCUT2D eigenvalue weighted by atomic mass is 35.5. The number of ether oxygens (including phenoxy) is 1. The van der Waals surface area contributed by atoms with Crippen molar-refractivity contribution >= 4 is 17.4 Å². The Morgan fingerprint density at radius 2 is 2.24 bits per heavy atom. The van der Waals surface area contributed by atoms with Gasteiger partial charge in [-0.1, -0.05) is 18.5 Å². The quantitative estimate of drug-likeness (QED) is 0.888. The molecule has 0 amide bonds. The van der Waals surface area contributed by atoms with Crippen LogP contribution in [0.5, 0.6) is 0 Å². The van der Waals surface area contributed by atoms with Crippen LogP contribution < -0.4 is 10.2 Å². The highest BCUT2D eigenvalue weighted by molar-refractivity contribution is 6.33. The molecule has 2 rings (SSSR count). The molecule has 5 heteroatoms. The average Bonchev–Trinajstić information content (AvgIpc) is 2.37. The lowest BCUT2D eigenvalue weighted by Crippen LogP contribution is -2.37. The third kappa shape index (κ3) is 3.31. The zero-order chi connectivity index (χ0) is 12.1. The molecular formula is C12H18ClN3O. The minimum absolute atomic E-state index is 0.724. The van der Waals surface area contributed by atoms with Crippen molar-refractivity contribution in [1.82, 2.24) is 10.3 Å². The normalized spacial score (nSPS) is 16.2. The Kier molecular flexibility index (Phi) is 4.59. The second-order valence-corrected chi connectivity index (χ2v) is 4.44. The number of morpholine rings is 1. The van der Waals surface area contributed by atoms with E-state index in [0.717, 1.165) is 55.8 Å². The number of hydrogen-bond acceptors (Lipinski definition) is 4. The van der Waals surface area contributed by atoms with Gasteiger partial charge in [0.05, 0.1) is 18.2 Å². The van der Waals surface area contributed by atoms with Crippen LogP contribution >= 0.6 is 11.6 Å². The van der Waals surface area contributed by atoms with Gasteiger partial charge in [0, 0.05) is 25.8 Å². The van der Waals surface area contributed by atoms with Crippen LogP contribution in [0.25, 0.3) is 0 Å². The largest absolute Gasteiger partial charge is 0.378 e. The number of halogens is 1. The zero-order valence-electron chi connectivity index (χ0n) is 10.1. The second kappa shape index (κ2) is 6.19. The molecule has 4 nitrogen and oxygen atoms in total. The molecule has 0 aliphatic carbocycles. The Balaban J connectivity index is 2.07. The molecule has 0 radical (unpaired) electrons. The van der Waals surface area contributed by atoms with Gasteiger partial charge in [-0.2, -0.15) is 0 Å². The molecule has 1 N–H and O–H groups in total. The van der Waals surface area contributed by atoms with Crippen LogP contribution in [-0.4, -0.2) is 37.8 Å². The van der Waals surface area contributed by atoms with E-state index < -0.39 is 0 Å². The first-order chi connectivity index (χ1) is 8.31. The third-order valence-electron chi connectivity index (χ3n) is 2.77. The molecule has 0 atom stereocenters. The van der Waals surface area contributed by atoms with E-state index >= 15 is 0 Å². The van der Waals surface area contributed by atoms with Crippen LogP contribution in [0.15, 0.2) is 12.3 Å². The van der Waals surface area contributed by atoms with Gasteiger partial charge in [-0.25, -0.2) is 4.98 Å². The predicted molar refractivity (Wildman–Crippen MR) is 69.7 cm³/mol. The number of nitrogens with one attached hydrogen (secondary N) is 1. The first-order valence-electron chi connectivity index (χ1n) is 5.99. The Morgan fingerprint density at radius 1 is 1.47 bits per heavy atom. The Labute approximate surface area is 107 Å². The van der Waals surface area contributed by atoms with Gasteiger partial charge < -0.3 is 15.0 Å². The number of aromatic nitrogens is 1. The van der Waals surface area contributed by atoms with Gasteiger partial charge in [0.15, 0.2) is 0 Å². The van der Waals surface area contributed by atoms with Gasteiger partial charge in [-0.15, -0.1) is 0 Å². The molecule has 0 bridgehead atoms. The first-order valence-corrected chi connectivity index (χ1v) is 6.37. The van der Waals surface area contributed by atoms with Crippen LogP contribution in [0.1, 0.15) is 12.5 Å². The van der Waals surface area contributed by atoms with Crippen LogP contribution in [0.3, 0.4) is 0 Å². The predicted octanol–water partition coefficient (Wildman–Crippen LogP) is 1.68. The van der Waals surface area contributed by atoms with Crippen LogP contribution in [0.4, 0.5) is 5.82 Å². The minimum Gasteiger partial charge on any atom is -0.378 e. The van der Waals surface area contributed by atoms with Gasteiger partial charge in [-0.3, -0.25) is 0 Å². The molecule has 0 saturated carbocycles. The summed E-state index contributed by atoms with van der Waals surface area (Å²) in [5.74, 6) is 0.871. The van der Waals surface area contributed by atoms with E-state index in [0.29, 0.717) is 0 Å². The molecule has 0 spiro atoms. The number of hydrogen-bond donors (Lipinski definition) is 1. The second-order valence-electron chi connectivity index (χ2n) is 4.03. The Morgan fingerprint density at radius 3 is 2.88 bits per heavy atom. The molecule has 0 aromatic carbocycles. The molecule has 1 aliphatic heterocycles. The van der Waals surface area contributed by atoms with E-state index in [2.05, 4.69) is 22.1 Å². The number of anilines is 1. The number of rotatable bonds is 4. The maximum atomic E-state index is 6.27. The summed E-state index contributed by atoms with van der Waals surface area (Å²) in [6.07, 6.45) is 1.89. The fourth-order valence-corrected chi connectivity index (χ4v) is 2.15. The molecule has 1 aromatic rings. The molecule has 1 aromatic heterocycles. The maximum Gasteiger partial charge on any atom is 0.147 e. The summed E-state index contributed by atoms with van der Waals surface area (Å²) in [5.41, 5.74) is 1.12. The Hall–Kier alpha value is -0.840. The zero-order valence-corrected chi connectivity index (χ0v) is 10.8. The maximum absolute atomic E-state index is 6.27. The van der Waals surface area contributed by atoms with Crippen molar-refractivity contribution in [1.29, 1.82) is 0 Å². The lowest BCUT2D eigenvalue weighted by Gasteiger charge is -2.28. The van der Waals surface area contributed by atoms with Gasteiger partial charge in [-0.05, 0) is 18.2 Å². The summed E-state index contributed by atoms with van der Waals surface area (Å²) < 4.78 is 5.32. The molecule has 1 saturated heterocycles. The molecule has 1 fully saturated rings. The topological polar surface area (TPSA) is 37.4 Å². The van der Waals surface area contributed by atoms with E-state index in [1.807, 2.05) is 12.3 Å². The molecule has 2 heterocycles. The third-order valence-corrected chi connectivity index (χ3v) is 3.05. The van der Waals surface area contributed by atoms with E-state index in [1.165, 1.54) is 0 Å². The summed E-state index contributed by atoms with van der Waals surface area (Å²) in [7, 11) is 0. The van der Waals surface area contributed by atoms with Crippen molar-refractivity contribution < 1.29 is 4.74 Å². The van der Waals surface area contributed by atoms with Crippen molar-refractivity contribution in [2.75, 3.05) is 37.7 Å². The van der Waals surface area contributed by atoms with E-state index in [1.54, 1.807) is 0 Å². The molecule has 1 aliphatic rings. The minimum atomic E-state index is 0.724. The molecule has 0 unspecified atom stereocenters. The van der Waals surface area contributed by atoms with Gasteiger partial charge in [0.25, 0.3) is 0 Å². The monoisotopic (exact) mass is 255 g/mol. The number of nitrogens with zero attached hydrogens (tertiary/aromatic N) is 2. The summed E-state index contributed by atoms with van der Waals surface area (Å²) in [5, 5.41) is 3.98. The van der Waals surface area contributed by atoms with E-state index in [4.69, 9.17) is 16.3 Å². The summed E-state index contributed by atoms with van der Waals surface area (Å²) in [6.45, 7) is 7.05. The smallest absolute Gasteiger partial charge is 0.147 e.